The van der Waals surface area contributed by atoms with Crippen LogP contribution >= 0.6 is 0 Å². The van der Waals surface area contributed by atoms with Crippen molar-refractivity contribution in [2.45, 2.75) is 19.3 Å². The number of para-hydroxylation sites is 1. The van der Waals surface area contributed by atoms with Crippen LogP contribution in [-0.2, 0) is 5.41 Å². The summed E-state index contributed by atoms with van der Waals surface area (Å²) in [6.45, 7) is 4.64. The third-order valence-electron chi connectivity index (χ3n) is 11.0. The van der Waals surface area contributed by atoms with Gasteiger partial charge in [-0.2, -0.15) is 0 Å². The molecule has 0 aliphatic heterocycles. The van der Waals surface area contributed by atoms with Crippen LogP contribution in [0.1, 0.15) is 25.0 Å². The van der Waals surface area contributed by atoms with Crippen molar-refractivity contribution in [3.05, 3.63) is 163 Å². The van der Waals surface area contributed by atoms with Gasteiger partial charge in [-0.25, -0.2) is 15.0 Å². The summed E-state index contributed by atoms with van der Waals surface area (Å²) < 4.78 is 12.8. The molecule has 0 bridgehead atoms. The molecular weight excluding hydrogens is 651 g/mol. The number of benzene rings is 7. The molecule has 11 rings (SSSR count). The van der Waals surface area contributed by atoms with E-state index < -0.39 is 0 Å². The van der Waals surface area contributed by atoms with E-state index >= 15 is 0 Å². The molecule has 0 saturated heterocycles. The van der Waals surface area contributed by atoms with Crippen molar-refractivity contribution in [1.82, 2.24) is 15.0 Å². The minimum absolute atomic E-state index is 0.0819. The van der Waals surface area contributed by atoms with Crippen LogP contribution in [0.15, 0.2) is 160 Å². The Bertz CT molecular complexity index is 3100. The first kappa shape index (κ1) is 29.8. The van der Waals surface area contributed by atoms with Gasteiger partial charge in [-0.3, -0.25) is 0 Å². The van der Waals surface area contributed by atoms with E-state index in [1.54, 1.807) is 0 Å². The molecule has 7 aromatic carbocycles. The lowest BCUT2D eigenvalue weighted by Gasteiger charge is -2.21. The lowest BCUT2D eigenvalue weighted by Crippen LogP contribution is -2.14. The maximum atomic E-state index is 6.53. The van der Waals surface area contributed by atoms with Crippen LogP contribution in [-0.4, -0.2) is 15.0 Å². The predicted octanol–water partition coefficient (Wildman–Crippen LogP) is 12.6. The summed E-state index contributed by atoms with van der Waals surface area (Å²) in [6.07, 6.45) is 0. The number of furan rings is 2. The molecule has 250 valence electrons. The molecule has 0 amide bonds. The summed E-state index contributed by atoms with van der Waals surface area (Å²) in [5.74, 6) is 1.76. The number of rotatable bonds is 4. The molecule has 5 nitrogen and oxygen atoms in total. The topological polar surface area (TPSA) is 65.0 Å². The highest BCUT2D eigenvalue weighted by atomic mass is 16.3. The third-order valence-corrected chi connectivity index (χ3v) is 11.0. The molecule has 0 radical (unpaired) electrons. The van der Waals surface area contributed by atoms with Crippen LogP contribution in [0, 0.1) is 0 Å². The molecule has 5 heteroatoms. The lowest BCUT2D eigenvalue weighted by molar-refractivity contribution is 0.660. The fourth-order valence-electron chi connectivity index (χ4n) is 8.47. The van der Waals surface area contributed by atoms with E-state index in [1.807, 2.05) is 72.8 Å². The van der Waals surface area contributed by atoms with E-state index in [9.17, 15) is 0 Å². The molecule has 0 N–H and O–H groups in total. The zero-order valence-electron chi connectivity index (χ0n) is 29.1. The number of fused-ring (bicyclic) bond motifs is 9. The smallest absolute Gasteiger partial charge is 0.164 e. The van der Waals surface area contributed by atoms with Crippen molar-refractivity contribution >= 4 is 43.9 Å². The van der Waals surface area contributed by atoms with E-state index in [1.165, 1.54) is 27.8 Å². The highest BCUT2D eigenvalue weighted by molar-refractivity contribution is 6.14. The fraction of sp³-hybridized carbons (Fsp3) is 0.0625. The summed E-state index contributed by atoms with van der Waals surface area (Å²) in [6, 6.07) is 52.4. The third kappa shape index (κ3) is 4.40. The van der Waals surface area contributed by atoms with E-state index in [-0.39, 0.29) is 5.41 Å². The molecule has 0 saturated carbocycles. The van der Waals surface area contributed by atoms with Crippen LogP contribution in [0.25, 0.3) is 100 Å². The number of hydrogen-bond donors (Lipinski definition) is 0. The number of hydrogen-bond acceptors (Lipinski definition) is 5. The monoisotopic (exact) mass is 681 g/mol. The second kappa shape index (κ2) is 11.1. The first-order chi connectivity index (χ1) is 26.0. The Labute approximate surface area is 305 Å². The van der Waals surface area contributed by atoms with Crippen LogP contribution in [0.2, 0.25) is 0 Å². The van der Waals surface area contributed by atoms with Gasteiger partial charge in [0, 0.05) is 43.7 Å². The van der Waals surface area contributed by atoms with Gasteiger partial charge in [-0.05, 0) is 63.7 Å². The standard InChI is InChI=1S/C48H31N3O2/c1-48(2)36-20-8-6-15-31(36)42-30(17-10-21-37(42)48)29-25-26-39-35(27-29)44-34(19-12-24-41(44)53-39)47-50-45(28-13-4-3-5-14-28)49-46(51-47)33-18-11-23-40-43(33)32-16-7-9-22-38(32)52-40/h3-27H,1-2H3. The lowest BCUT2D eigenvalue weighted by atomic mass is 9.82. The van der Waals surface area contributed by atoms with Crippen molar-refractivity contribution in [1.29, 1.82) is 0 Å². The van der Waals surface area contributed by atoms with Crippen molar-refractivity contribution in [3.63, 3.8) is 0 Å². The Kier molecular flexibility index (Phi) is 6.23. The zero-order chi connectivity index (χ0) is 35.3. The zero-order valence-corrected chi connectivity index (χ0v) is 29.1. The van der Waals surface area contributed by atoms with Gasteiger partial charge in [-0.1, -0.05) is 135 Å². The summed E-state index contributed by atoms with van der Waals surface area (Å²) in [5.41, 5.74) is 13.5. The maximum Gasteiger partial charge on any atom is 0.164 e. The molecule has 0 unspecified atom stereocenters. The van der Waals surface area contributed by atoms with Gasteiger partial charge in [0.15, 0.2) is 17.5 Å². The summed E-state index contributed by atoms with van der Waals surface area (Å²) in [5, 5.41) is 3.99. The Morgan fingerprint density at radius 1 is 0.396 bits per heavy atom. The first-order valence-corrected chi connectivity index (χ1v) is 17.9. The van der Waals surface area contributed by atoms with Gasteiger partial charge in [0.05, 0.1) is 0 Å². The average Bonchev–Trinajstić information content (AvgIpc) is 3.85. The van der Waals surface area contributed by atoms with E-state index in [0.29, 0.717) is 17.5 Å². The van der Waals surface area contributed by atoms with Crippen LogP contribution in [0.4, 0.5) is 0 Å². The Morgan fingerprint density at radius 2 is 0.943 bits per heavy atom. The van der Waals surface area contributed by atoms with Crippen LogP contribution in [0.5, 0.6) is 0 Å². The summed E-state index contributed by atoms with van der Waals surface area (Å²) in [4.78, 5) is 15.5. The SMILES string of the molecule is CC1(C)c2ccccc2-c2c(-c3ccc4oc5cccc(-c6nc(-c7ccccc7)nc(-c7cccc8oc9ccccc9c78)n6)c5c4c3)cccc21. The number of aromatic nitrogens is 3. The van der Waals surface area contributed by atoms with Crippen LogP contribution in [0.3, 0.4) is 0 Å². The average molecular weight is 682 g/mol. The van der Waals surface area contributed by atoms with Crippen molar-refractivity contribution in [3.8, 4) is 56.4 Å². The minimum atomic E-state index is -0.0819. The summed E-state index contributed by atoms with van der Waals surface area (Å²) >= 11 is 0. The van der Waals surface area contributed by atoms with E-state index in [0.717, 1.165) is 66.1 Å². The van der Waals surface area contributed by atoms with Crippen molar-refractivity contribution < 1.29 is 8.83 Å². The molecule has 0 atom stereocenters. The molecule has 53 heavy (non-hydrogen) atoms. The largest absolute Gasteiger partial charge is 0.456 e. The molecule has 1 aliphatic rings. The Morgan fingerprint density at radius 3 is 1.72 bits per heavy atom. The van der Waals surface area contributed by atoms with Gasteiger partial charge in [0.2, 0.25) is 0 Å². The van der Waals surface area contributed by atoms with Crippen molar-refractivity contribution in [2.75, 3.05) is 0 Å². The number of nitrogens with zero attached hydrogens (tertiary/aromatic N) is 3. The predicted molar refractivity (Wildman–Crippen MR) is 214 cm³/mol. The molecule has 0 spiro atoms. The second-order valence-corrected chi connectivity index (χ2v) is 14.3. The van der Waals surface area contributed by atoms with Gasteiger partial charge >= 0.3 is 0 Å². The molecular formula is C48H31N3O2. The molecule has 0 fully saturated rings. The van der Waals surface area contributed by atoms with Gasteiger partial charge in [0.25, 0.3) is 0 Å². The first-order valence-electron chi connectivity index (χ1n) is 17.9. The second-order valence-electron chi connectivity index (χ2n) is 14.3. The minimum Gasteiger partial charge on any atom is -0.456 e. The van der Waals surface area contributed by atoms with Crippen LogP contribution < -0.4 is 0 Å². The Balaban J connectivity index is 1.15. The van der Waals surface area contributed by atoms with E-state index in [2.05, 4.69) is 92.7 Å². The quantitative estimate of drug-likeness (QED) is 0.185. The molecule has 3 heterocycles. The van der Waals surface area contributed by atoms with Gasteiger partial charge in [-0.15, -0.1) is 0 Å². The summed E-state index contributed by atoms with van der Waals surface area (Å²) in [7, 11) is 0. The Hall–Kier alpha value is -6.85. The highest BCUT2D eigenvalue weighted by Gasteiger charge is 2.36. The normalized spacial score (nSPS) is 13.2. The van der Waals surface area contributed by atoms with Gasteiger partial charge < -0.3 is 8.83 Å². The molecule has 3 aromatic heterocycles. The van der Waals surface area contributed by atoms with Crippen molar-refractivity contribution in [2.24, 2.45) is 0 Å². The van der Waals surface area contributed by atoms with Gasteiger partial charge in [0.1, 0.15) is 22.3 Å². The molecule has 10 aromatic rings. The molecule has 1 aliphatic carbocycles. The van der Waals surface area contributed by atoms with E-state index in [4.69, 9.17) is 23.8 Å². The fourth-order valence-corrected chi connectivity index (χ4v) is 8.47. The highest BCUT2D eigenvalue weighted by Crippen LogP contribution is 2.52. The maximum absolute atomic E-state index is 6.53.